The average molecular weight is 298 g/mol. The average Bonchev–Trinajstić information content (AvgIpc) is 2.22. The molecule has 1 heterocycles. The van der Waals surface area contributed by atoms with Crippen LogP contribution in [0.3, 0.4) is 0 Å². The minimum Gasteiger partial charge on any atom is -0.444 e. The van der Waals surface area contributed by atoms with Crippen molar-refractivity contribution in [1.82, 2.24) is 10.6 Å². The molecular weight excluding hydrogens is 264 g/mol. The molecule has 0 radical (unpaired) electrons. The fraction of sp³-hybridized carbons (Fsp3) is 0.941. The molecule has 0 aromatic carbocycles. The van der Waals surface area contributed by atoms with E-state index in [-0.39, 0.29) is 23.0 Å². The Kier molecular flexibility index (Phi) is 5.36. The molecule has 1 rings (SSSR count). The highest BCUT2D eigenvalue weighted by molar-refractivity contribution is 5.68. The number of nitrogens with one attached hydrogen (secondary N) is 2. The Balaban J connectivity index is 2.79. The molecule has 1 saturated heterocycles. The van der Waals surface area contributed by atoms with Gasteiger partial charge in [-0.1, -0.05) is 34.6 Å². The van der Waals surface area contributed by atoms with Gasteiger partial charge in [-0.05, 0) is 50.5 Å². The summed E-state index contributed by atoms with van der Waals surface area (Å²) < 4.78 is 5.40. The van der Waals surface area contributed by atoms with Gasteiger partial charge in [-0.2, -0.15) is 0 Å². The molecule has 2 N–H and O–H groups in total. The first-order chi connectivity index (χ1) is 9.33. The fourth-order valence-electron chi connectivity index (χ4n) is 3.16. The second kappa shape index (κ2) is 6.15. The van der Waals surface area contributed by atoms with Crippen LogP contribution in [0.1, 0.15) is 61.8 Å². The standard InChI is InChI=1S/C17H34N2O2/c1-12-9-18-10-13(17(7,8)11-16(12,5)6)19-14(20)21-15(2,3)4/h12-13,18H,9-11H2,1-8H3,(H,19,20)/t12-,13-/m1/s1. The molecule has 0 bridgehead atoms. The van der Waals surface area contributed by atoms with Crippen molar-refractivity contribution in [3.8, 4) is 0 Å². The summed E-state index contributed by atoms with van der Waals surface area (Å²) in [6.45, 7) is 18.8. The van der Waals surface area contributed by atoms with Gasteiger partial charge in [-0.25, -0.2) is 4.79 Å². The number of alkyl carbamates (subject to hydrolysis) is 1. The molecule has 0 saturated carbocycles. The third-order valence-electron chi connectivity index (χ3n) is 4.68. The first-order valence-electron chi connectivity index (χ1n) is 8.04. The van der Waals surface area contributed by atoms with Crippen molar-refractivity contribution in [2.75, 3.05) is 13.1 Å². The monoisotopic (exact) mass is 298 g/mol. The molecule has 0 aliphatic carbocycles. The molecule has 1 aliphatic rings. The zero-order valence-corrected chi connectivity index (χ0v) is 15.1. The Bertz CT molecular complexity index is 369. The van der Waals surface area contributed by atoms with Crippen LogP contribution in [0.15, 0.2) is 0 Å². The lowest BCUT2D eigenvalue weighted by Gasteiger charge is -2.46. The molecule has 0 spiro atoms. The molecule has 4 heteroatoms. The summed E-state index contributed by atoms with van der Waals surface area (Å²) in [5.41, 5.74) is -0.204. The molecule has 0 unspecified atom stereocenters. The highest BCUT2D eigenvalue weighted by Crippen LogP contribution is 2.41. The molecule has 1 amide bonds. The van der Waals surface area contributed by atoms with E-state index in [1.165, 1.54) is 0 Å². The van der Waals surface area contributed by atoms with Crippen LogP contribution in [-0.4, -0.2) is 30.8 Å². The normalized spacial score (nSPS) is 29.1. The Labute approximate surface area is 130 Å². The summed E-state index contributed by atoms with van der Waals surface area (Å²) in [6, 6.07) is 0.0686. The van der Waals surface area contributed by atoms with Crippen LogP contribution in [0.4, 0.5) is 4.79 Å². The second-order valence-corrected chi connectivity index (χ2v) is 8.91. The third-order valence-corrected chi connectivity index (χ3v) is 4.68. The van der Waals surface area contributed by atoms with Crippen molar-refractivity contribution in [3.63, 3.8) is 0 Å². The predicted octanol–water partition coefficient (Wildman–Crippen LogP) is 3.56. The number of rotatable bonds is 1. The maximum absolute atomic E-state index is 12.1. The smallest absolute Gasteiger partial charge is 0.407 e. The van der Waals surface area contributed by atoms with Gasteiger partial charge in [0.1, 0.15) is 5.60 Å². The van der Waals surface area contributed by atoms with E-state index >= 15 is 0 Å². The molecule has 0 aromatic rings. The van der Waals surface area contributed by atoms with E-state index in [4.69, 9.17) is 4.74 Å². The topological polar surface area (TPSA) is 50.4 Å². The minimum absolute atomic E-state index is 0.0160. The summed E-state index contributed by atoms with van der Waals surface area (Å²) in [6.07, 6.45) is 0.748. The molecular formula is C17H34N2O2. The van der Waals surface area contributed by atoms with Crippen LogP contribution < -0.4 is 10.6 Å². The molecule has 1 fully saturated rings. The van der Waals surface area contributed by atoms with Gasteiger partial charge in [0.05, 0.1) is 0 Å². The van der Waals surface area contributed by atoms with E-state index in [2.05, 4.69) is 45.3 Å². The highest BCUT2D eigenvalue weighted by atomic mass is 16.6. The van der Waals surface area contributed by atoms with E-state index in [0.29, 0.717) is 5.92 Å². The van der Waals surface area contributed by atoms with Gasteiger partial charge in [-0.3, -0.25) is 0 Å². The van der Waals surface area contributed by atoms with Gasteiger partial charge in [-0.15, -0.1) is 0 Å². The zero-order valence-electron chi connectivity index (χ0n) is 15.1. The highest BCUT2D eigenvalue weighted by Gasteiger charge is 2.40. The quantitative estimate of drug-likeness (QED) is 0.778. The van der Waals surface area contributed by atoms with Crippen molar-refractivity contribution in [1.29, 1.82) is 0 Å². The Hall–Kier alpha value is -0.770. The van der Waals surface area contributed by atoms with Crippen LogP contribution in [0.5, 0.6) is 0 Å². The predicted molar refractivity (Wildman–Crippen MR) is 87.4 cm³/mol. The summed E-state index contributed by atoms with van der Waals surface area (Å²) in [7, 11) is 0. The number of amides is 1. The number of ether oxygens (including phenoxy) is 1. The third kappa shape index (κ3) is 5.50. The molecule has 1 aliphatic heterocycles. The van der Waals surface area contributed by atoms with Crippen molar-refractivity contribution in [2.24, 2.45) is 16.7 Å². The largest absolute Gasteiger partial charge is 0.444 e. The van der Waals surface area contributed by atoms with Gasteiger partial charge in [0.15, 0.2) is 0 Å². The van der Waals surface area contributed by atoms with Crippen LogP contribution in [0.25, 0.3) is 0 Å². The number of carbonyl (C=O) groups is 1. The number of hydrogen-bond donors (Lipinski definition) is 2. The second-order valence-electron chi connectivity index (χ2n) is 8.91. The number of hydrogen-bond acceptors (Lipinski definition) is 3. The number of carbonyl (C=O) groups excluding carboxylic acids is 1. The lowest BCUT2D eigenvalue weighted by atomic mass is 9.65. The molecule has 21 heavy (non-hydrogen) atoms. The van der Waals surface area contributed by atoms with Crippen LogP contribution in [0, 0.1) is 16.7 Å². The fourth-order valence-corrected chi connectivity index (χ4v) is 3.16. The Morgan fingerprint density at radius 1 is 1.14 bits per heavy atom. The van der Waals surface area contributed by atoms with Crippen LogP contribution in [0.2, 0.25) is 0 Å². The van der Waals surface area contributed by atoms with Gasteiger partial charge >= 0.3 is 6.09 Å². The molecule has 2 atom stereocenters. The Morgan fingerprint density at radius 3 is 2.24 bits per heavy atom. The van der Waals surface area contributed by atoms with Gasteiger partial charge in [0.25, 0.3) is 0 Å². The van der Waals surface area contributed by atoms with Crippen molar-refractivity contribution in [2.45, 2.75) is 73.5 Å². The maximum Gasteiger partial charge on any atom is 0.407 e. The van der Waals surface area contributed by atoms with E-state index in [1.54, 1.807) is 0 Å². The Morgan fingerprint density at radius 2 is 1.71 bits per heavy atom. The lowest BCUT2D eigenvalue weighted by Crippen LogP contribution is -2.56. The van der Waals surface area contributed by atoms with E-state index in [1.807, 2.05) is 20.8 Å². The molecule has 0 aromatic heterocycles. The van der Waals surface area contributed by atoms with E-state index in [9.17, 15) is 4.79 Å². The van der Waals surface area contributed by atoms with E-state index < -0.39 is 5.60 Å². The first kappa shape index (κ1) is 18.3. The van der Waals surface area contributed by atoms with Crippen LogP contribution >= 0.6 is 0 Å². The lowest BCUT2D eigenvalue weighted by molar-refractivity contribution is 0.0353. The maximum atomic E-state index is 12.1. The van der Waals surface area contributed by atoms with Crippen molar-refractivity contribution >= 4 is 6.09 Å². The minimum atomic E-state index is -0.461. The summed E-state index contributed by atoms with van der Waals surface area (Å²) in [4.78, 5) is 12.1. The van der Waals surface area contributed by atoms with E-state index in [0.717, 1.165) is 19.5 Å². The van der Waals surface area contributed by atoms with Gasteiger partial charge < -0.3 is 15.4 Å². The van der Waals surface area contributed by atoms with Crippen molar-refractivity contribution in [3.05, 3.63) is 0 Å². The molecule has 4 nitrogen and oxygen atoms in total. The van der Waals surface area contributed by atoms with Crippen LogP contribution in [-0.2, 0) is 4.74 Å². The van der Waals surface area contributed by atoms with Crippen molar-refractivity contribution < 1.29 is 9.53 Å². The SMILES string of the molecule is C[C@@H]1CNC[C@@H](NC(=O)OC(C)(C)C)C(C)(C)CC1(C)C. The van der Waals surface area contributed by atoms with Gasteiger partial charge in [0, 0.05) is 12.6 Å². The first-order valence-corrected chi connectivity index (χ1v) is 8.04. The molecule has 124 valence electrons. The summed E-state index contributed by atoms with van der Waals surface area (Å²) in [5.74, 6) is 0.610. The zero-order chi connectivity index (χ0) is 16.5. The van der Waals surface area contributed by atoms with Gasteiger partial charge in [0.2, 0.25) is 0 Å². The summed E-state index contributed by atoms with van der Waals surface area (Å²) in [5, 5.41) is 6.56. The summed E-state index contributed by atoms with van der Waals surface area (Å²) >= 11 is 0.